The highest BCUT2D eigenvalue weighted by atomic mass is 16.5. The summed E-state index contributed by atoms with van der Waals surface area (Å²) in [4.78, 5) is 12.4. The van der Waals surface area contributed by atoms with E-state index < -0.39 is 0 Å². The summed E-state index contributed by atoms with van der Waals surface area (Å²) in [5.41, 5.74) is 7.23. The van der Waals surface area contributed by atoms with Gasteiger partial charge in [-0.1, -0.05) is 6.07 Å². The maximum Gasteiger partial charge on any atom is 0.213 e. The highest BCUT2D eigenvalue weighted by Gasteiger charge is 2.18. The minimum Gasteiger partial charge on any atom is -0.495 e. The molecule has 2 aromatic rings. The van der Waals surface area contributed by atoms with Crippen LogP contribution in [0.15, 0.2) is 30.5 Å². The van der Waals surface area contributed by atoms with Gasteiger partial charge in [-0.3, -0.25) is 9.48 Å². The number of rotatable bonds is 4. The van der Waals surface area contributed by atoms with Gasteiger partial charge in [-0.2, -0.15) is 5.10 Å². The predicted octanol–water partition coefficient (Wildman–Crippen LogP) is 1.72. The Labute approximate surface area is 105 Å². The molecule has 0 saturated carbocycles. The second-order valence-electron chi connectivity index (χ2n) is 3.78. The Kier molecular flexibility index (Phi) is 3.32. The number of para-hydroxylation sites is 1. The van der Waals surface area contributed by atoms with Crippen LogP contribution in [0.1, 0.15) is 23.0 Å². The molecule has 1 heterocycles. The first-order valence-corrected chi connectivity index (χ1v) is 5.68. The fourth-order valence-corrected chi connectivity index (χ4v) is 1.84. The van der Waals surface area contributed by atoms with E-state index in [1.807, 2.05) is 6.92 Å². The van der Waals surface area contributed by atoms with E-state index in [9.17, 15) is 4.79 Å². The zero-order valence-electron chi connectivity index (χ0n) is 10.4. The Bertz CT molecular complexity index is 575. The van der Waals surface area contributed by atoms with Gasteiger partial charge in [0.25, 0.3) is 0 Å². The van der Waals surface area contributed by atoms with Crippen LogP contribution in [0.5, 0.6) is 5.75 Å². The number of aromatic nitrogens is 2. The van der Waals surface area contributed by atoms with Crippen molar-refractivity contribution in [3.05, 3.63) is 41.7 Å². The quantitative estimate of drug-likeness (QED) is 0.657. The summed E-state index contributed by atoms with van der Waals surface area (Å²) in [5.74, 6) is 0.356. The molecular weight excluding hydrogens is 230 g/mol. The Morgan fingerprint density at radius 3 is 2.89 bits per heavy atom. The van der Waals surface area contributed by atoms with Gasteiger partial charge >= 0.3 is 0 Å². The first kappa shape index (κ1) is 12.2. The van der Waals surface area contributed by atoms with Gasteiger partial charge in [-0.25, -0.2) is 0 Å². The number of benzene rings is 1. The van der Waals surface area contributed by atoms with Crippen LogP contribution in [-0.4, -0.2) is 22.7 Å². The molecule has 94 valence electrons. The van der Waals surface area contributed by atoms with Crippen molar-refractivity contribution < 1.29 is 9.53 Å². The first-order valence-electron chi connectivity index (χ1n) is 5.68. The van der Waals surface area contributed by atoms with E-state index in [1.54, 1.807) is 35.1 Å². The van der Waals surface area contributed by atoms with Crippen molar-refractivity contribution in [3.63, 3.8) is 0 Å². The minimum atomic E-state index is -0.147. The van der Waals surface area contributed by atoms with Crippen molar-refractivity contribution in [2.45, 2.75) is 13.5 Å². The largest absolute Gasteiger partial charge is 0.495 e. The van der Waals surface area contributed by atoms with Crippen molar-refractivity contribution in [2.75, 3.05) is 12.8 Å². The molecule has 0 aliphatic heterocycles. The lowest BCUT2D eigenvalue weighted by atomic mass is 10.1. The van der Waals surface area contributed by atoms with E-state index in [0.717, 1.165) is 0 Å². The fraction of sp³-hybridized carbons (Fsp3) is 0.231. The van der Waals surface area contributed by atoms with Gasteiger partial charge in [0.2, 0.25) is 5.78 Å². The van der Waals surface area contributed by atoms with E-state index >= 15 is 0 Å². The highest BCUT2D eigenvalue weighted by Crippen LogP contribution is 2.26. The maximum absolute atomic E-state index is 12.4. The molecule has 0 fully saturated rings. The molecular formula is C13H15N3O2. The Hall–Kier alpha value is -2.30. The van der Waals surface area contributed by atoms with Crippen LogP contribution in [0, 0.1) is 0 Å². The van der Waals surface area contributed by atoms with Crippen LogP contribution < -0.4 is 10.5 Å². The van der Waals surface area contributed by atoms with E-state index in [2.05, 4.69) is 5.10 Å². The molecule has 0 radical (unpaired) electrons. The molecule has 0 saturated heterocycles. The third-order valence-electron chi connectivity index (χ3n) is 2.78. The van der Waals surface area contributed by atoms with Gasteiger partial charge in [0.15, 0.2) is 0 Å². The topological polar surface area (TPSA) is 70.1 Å². The molecule has 0 unspecified atom stereocenters. The number of ether oxygens (including phenoxy) is 1. The second kappa shape index (κ2) is 4.91. The van der Waals surface area contributed by atoms with Gasteiger partial charge in [0, 0.05) is 12.7 Å². The first-order chi connectivity index (χ1) is 8.69. The number of carbonyl (C=O) groups is 1. The molecule has 0 bridgehead atoms. The number of aryl methyl sites for hydroxylation is 1. The predicted molar refractivity (Wildman–Crippen MR) is 68.7 cm³/mol. The van der Waals surface area contributed by atoms with Crippen molar-refractivity contribution >= 4 is 11.5 Å². The standard InChI is InChI=1S/C13H15N3O2/c1-3-16-10(7-8-15-16)13(17)9-5-4-6-11(18-2)12(9)14/h4-8H,3,14H2,1-2H3. The molecule has 5 nitrogen and oxygen atoms in total. The zero-order chi connectivity index (χ0) is 13.1. The van der Waals surface area contributed by atoms with Gasteiger partial charge in [-0.05, 0) is 25.1 Å². The summed E-state index contributed by atoms with van der Waals surface area (Å²) < 4.78 is 6.75. The monoisotopic (exact) mass is 245 g/mol. The molecule has 1 aromatic carbocycles. The normalized spacial score (nSPS) is 10.3. The number of nitrogens with two attached hydrogens (primary N) is 1. The summed E-state index contributed by atoms with van der Waals surface area (Å²) in [5, 5.41) is 4.08. The smallest absolute Gasteiger partial charge is 0.213 e. The van der Waals surface area contributed by atoms with Crippen molar-refractivity contribution in [3.8, 4) is 5.75 Å². The molecule has 18 heavy (non-hydrogen) atoms. The third kappa shape index (κ3) is 1.95. The number of ketones is 1. The number of nitrogen functional groups attached to an aromatic ring is 1. The zero-order valence-corrected chi connectivity index (χ0v) is 10.4. The van der Waals surface area contributed by atoms with Crippen LogP contribution in [-0.2, 0) is 6.54 Å². The van der Waals surface area contributed by atoms with Gasteiger partial charge < -0.3 is 10.5 Å². The summed E-state index contributed by atoms with van der Waals surface area (Å²) in [6, 6.07) is 6.84. The lowest BCUT2D eigenvalue weighted by Crippen LogP contribution is -2.12. The molecule has 0 amide bonds. The van der Waals surface area contributed by atoms with Crippen molar-refractivity contribution in [2.24, 2.45) is 0 Å². The van der Waals surface area contributed by atoms with Crippen LogP contribution in [0.3, 0.4) is 0 Å². The molecule has 0 atom stereocenters. The van der Waals surface area contributed by atoms with Gasteiger partial charge in [0.05, 0.1) is 18.4 Å². The summed E-state index contributed by atoms with van der Waals surface area (Å²) >= 11 is 0. The number of hydrogen-bond donors (Lipinski definition) is 1. The molecule has 0 aliphatic carbocycles. The minimum absolute atomic E-state index is 0.147. The number of carbonyl (C=O) groups excluding carboxylic acids is 1. The molecule has 5 heteroatoms. The van der Waals surface area contributed by atoms with Crippen LogP contribution in [0.2, 0.25) is 0 Å². The molecule has 1 aromatic heterocycles. The van der Waals surface area contributed by atoms with E-state index in [1.165, 1.54) is 7.11 Å². The summed E-state index contributed by atoms with van der Waals surface area (Å²) in [6.45, 7) is 2.57. The lowest BCUT2D eigenvalue weighted by Gasteiger charge is -2.09. The van der Waals surface area contributed by atoms with Crippen molar-refractivity contribution in [1.29, 1.82) is 0 Å². The molecule has 2 N–H and O–H groups in total. The molecule has 2 rings (SSSR count). The Morgan fingerprint density at radius 2 is 2.22 bits per heavy atom. The number of methoxy groups -OCH3 is 1. The molecule has 0 spiro atoms. The third-order valence-corrected chi connectivity index (χ3v) is 2.78. The highest BCUT2D eigenvalue weighted by molar-refractivity contribution is 6.11. The average molecular weight is 245 g/mol. The fourth-order valence-electron chi connectivity index (χ4n) is 1.84. The van der Waals surface area contributed by atoms with Crippen molar-refractivity contribution in [1.82, 2.24) is 9.78 Å². The van der Waals surface area contributed by atoms with E-state index in [0.29, 0.717) is 29.2 Å². The summed E-state index contributed by atoms with van der Waals surface area (Å²) in [6.07, 6.45) is 1.60. The Morgan fingerprint density at radius 1 is 1.44 bits per heavy atom. The number of nitrogens with zero attached hydrogens (tertiary/aromatic N) is 2. The summed E-state index contributed by atoms with van der Waals surface area (Å²) in [7, 11) is 1.52. The Balaban J connectivity index is 2.47. The maximum atomic E-state index is 12.4. The number of hydrogen-bond acceptors (Lipinski definition) is 4. The van der Waals surface area contributed by atoms with E-state index in [-0.39, 0.29) is 5.78 Å². The number of anilines is 1. The van der Waals surface area contributed by atoms with Crippen LogP contribution in [0.4, 0.5) is 5.69 Å². The van der Waals surface area contributed by atoms with Crippen LogP contribution >= 0.6 is 0 Å². The second-order valence-corrected chi connectivity index (χ2v) is 3.78. The average Bonchev–Trinajstić information content (AvgIpc) is 2.86. The van der Waals surface area contributed by atoms with Gasteiger partial charge in [0.1, 0.15) is 11.4 Å². The SMILES string of the molecule is CCn1nccc1C(=O)c1cccc(OC)c1N. The van der Waals surface area contributed by atoms with Gasteiger partial charge in [-0.15, -0.1) is 0 Å². The van der Waals surface area contributed by atoms with E-state index in [4.69, 9.17) is 10.5 Å². The molecule has 0 aliphatic rings. The lowest BCUT2D eigenvalue weighted by molar-refractivity contribution is 0.102. The van der Waals surface area contributed by atoms with Crippen LogP contribution in [0.25, 0.3) is 0 Å².